The van der Waals surface area contributed by atoms with E-state index < -0.39 is 0 Å². The van der Waals surface area contributed by atoms with E-state index in [4.69, 9.17) is 4.74 Å². The highest BCUT2D eigenvalue weighted by atomic mass is 16.5. The molecule has 0 spiro atoms. The van der Waals surface area contributed by atoms with Gasteiger partial charge in [0.25, 0.3) is 5.56 Å². The van der Waals surface area contributed by atoms with Crippen LogP contribution in [0.3, 0.4) is 0 Å². The van der Waals surface area contributed by atoms with Gasteiger partial charge in [0.2, 0.25) is 5.91 Å². The molecule has 1 amide bonds. The number of benzene rings is 1. The fourth-order valence-electron chi connectivity index (χ4n) is 2.25. The lowest BCUT2D eigenvalue weighted by atomic mass is 10.1. The van der Waals surface area contributed by atoms with Gasteiger partial charge in [0.15, 0.2) is 5.75 Å². The topological polar surface area (TPSA) is 60.3 Å². The van der Waals surface area contributed by atoms with Gasteiger partial charge in [-0.1, -0.05) is 18.2 Å². The smallest absolute Gasteiger partial charge is 0.293 e. The van der Waals surface area contributed by atoms with Gasteiger partial charge in [0.1, 0.15) is 6.54 Å². The molecule has 5 nitrogen and oxygen atoms in total. The molecule has 0 saturated heterocycles. The van der Waals surface area contributed by atoms with E-state index in [2.05, 4.69) is 5.32 Å². The first-order valence-electron chi connectivity index (χ1n) is 7.21. The Labute approximate surface area is 129 Å². The minimum atomic E-state index is -0.305. The van der Waals surface area contributed by atoms with E-state index in [1.807, 2.05) is 39.0 Å². The fraction of sp³-hybridized carbons (Fsp3) is 0.294. The summed E-state index contributed by atoms with van der Waals surface area (Å²) in [6.07, 6.45) is 1.58. The van der Waals surface area contributed by atoms with Crippen molar-refractivity contribution in [2.75, 3.05) is 11.9 Å². The van der Waals surface area contributed by atoms with Gasteiger partial charge in [-0.3, -0.25) is 9.59 Å². The van der Waals surface area contributed by atoms with Crippen molar-refractivity contribution < 1.29 is 9.53 Å². The third-order valence-electron chi connectivity index (χ3n) is 3.34. The summed E-state index contributed by atoms with van der Waals surface area (Å²) in [5.74, 6) is 0.0121. The lowest BCUT2D eigenvalue weighted by molar-refractivity contribution is -0.116. The van der Waals surface area contributed by atoms with Crippen LogP contribution in [0.15, 0.2) is 41.3 Å². The first kappa shape index (κ1) is 15.8. The molecule has 0 bridgehead atoms. The Morgan fingerprint density at radius 1 is 1.18 bits per heavy atom. The Kier molecular flexibility index (Phi) is 4.99. The molecule has 0 radical (unpaired) electrons. The molecular formula is C17H20N2O3. The number of para-hydroxylation sites is 1. The highest BCUT2D eigenvalue weighted by molar-refractivity contribution is 5.92. The summed E-state index contributed by atoms with van der Waals surface area (Å²) in [5.41, 5.74) is 2.47. The molecule has 116 valence electrons. The molecule has 0 unspecified atom stereocenters. The summed E-state index contributed by atoms with van der Waals surface area (Å²) in [6.45, 7) is 6.04. The van der Waals surface area contributed by atoms with Crippen LogP contribution in [0.4, 0.5) is 5.69 Å². The number of aryl methyl sites for hydroxylation is 2. The van der Waals surface area contributed by atoms with E-state index >= 15 is 0 Å². The molecule has 5 heteroatoms. The van der Waals surface area contributed by atoms with Crippen molar-refractivity contribution in [2.24, 2.45) is 0 Å². The van der Waals surface area contributed by atoms with Crippen molar-refractivity contribution in [3.05, 3.63) is 58.0 Å². The summed E-state index contributed by atoms with van der Waals surface area (Å²) in [6, 6.07) is 9.11. The van der Waals surface area contributed by atoms with Gasteiger partial charge >= 0.3 is 0 Å². The van der Waals surface area contributed by atoms with E-state index in [1.54, 1.807) is 18.3 Å². The molecule has 0 aliphatic rings. The number of pyridine rings is 1. The van der Waals surface area contributed by atoms with Crippen LogP contribution in [-0.4, -0.2) is 17.1 Å². The highest BCUT2D eigenvalue weighted by Crippen LogP contribution is 2.19. The van der Waals surface area contributed by atoms with Crippen molar-refractivity contribution in [2.45, 2.75) is 27.3 Å². The normalized spacial score (nSPS) is 10.3. The van der Waals surface area contributed by atoms with Crippen LogP contribution < -0.4 is 15.6 Å². The average Bonchev–Trinajstić information content (AvgIpc) is 2.47. The zero-order valence-corrected chi connectivity index (χ0v) is 13.1. The van der Waals surface area contributed by atoms with Crippen LogP contribution in [0.2, 0.25) is 0 Å². The van der Waals surface area contributed by atoms with E-state index in [0.29, 0.717) is 6.61 Å². The first-order chi connectivity index (χ1) is 10.5. The molecule has 0 saturated carbocycles. The molecular weight excluding hydrogens is 280 g/mol. The zero-order chi connectivity index (χ0) is 16.1. The van der Waals surface area contributed by atoms with Gasteiger partial charge < -0.3 is 14.6 Å². The summed E-state index contributed by atoms with van der Waals surface area (Å²) in [4.78, 5) is 24.3. The number of rotatable bonds is 5. The molecule has 0 aliphatic heterocycles. The molecule has 0 atom stereocenters. The van der Waals surface area contributed by atoms with Crippen LogP contribution in [0.1, 0.15) is 18.1 Å². The van der Waals surface area contributed by atoms with Gasteiger partial charge in [-0.2, -0.15) is 0 Å². The Bertz CT molecular complexity index is 715. The number of anilines is 1. The number of carbonyl (C=O) groups is 1. The number of hydrogen-bond acceptors (Lipinski definition) is 3. The number of aromatic nitrogens is 1. The Hall–Kier alpha value is -2.56. The Balaban J connectivity index is 2.16. The average molecular weight is 300 g/mol. The third-order valence-corrected chi connectivity index (χ3v) is 3.34. The molecule has 1 aromatic carbocycles. The molecule has 2 aromatic rings. The molecule has 0 aliphatic carbocycles. The van der Waals surface area contributed by atoms with Crippen molar-refractivity contribution in [1.29, 1.82) is 0 Å². The van der Waals surface area contributed by atoms with E-state index in [-0.39, 0.29) is 23.8 Å². The fourth-order valence-corrected chi connectivity index (χ4v) is 2.25. The van der Waals surface area contributed by atoms with Crippen molar-refractivity contribution in [1.82, 2.24) is 4.57 Å². The number of hydrogen-bond donors (Lipinski definition) is 1. The summed E-state index contributed by atoms with van der Waals surface area (Å²) in [7, 11) is 0. The van der Waals surface area contributed by atoms with Crippen molar-refractivity contribution >= 4 is 11.6 Å². The largest absolute Gasteiger partial charge is 0.488 e. The summed E-state index contributed by atoms with van der Waals surface area (Å²) < 4.78 is 6.59. The van der Waals surface area contributed by atoms with Gasteiger partial charge in [0, 0.05) is 11.9 Å². The number of amides is 1. The molecule has 22 heavy (non-hydrogen) atoms. The maximum absolute atomic E-state index is 12.2. The molecule has 1 N–H and O–H groups in total. The van der Waals surface area contributed by atoms with Crippen LogP contribution in [-0.2, 0) is 11.3 Å². The Morgan fingerprint density at radius 3 is 2.50 bits per heavy atom. The van der Waals surface area contributed by atoms with E-state index in [0.717, 1.165) is 16.8 Å². The van der Waals surface area contributed by atoms with Crippen LogP contribution >= 0.6 is 0 Å². The number of nitrogens with one attached hydrogen (secondary N) is 1. The SMILES string of the molecule is CCOc1cccn(CC(=O)Nc2c(C)cccc2C)c1=O. The molecule has 0 fully saturated rings. The highest BCUT2D eigenvalue weighted by Gasteiger charge is 2.10. The standard InChI is InChI=1S/C17H20N2O3/c1-4-22-14-9-6-10-19(17(14)21)11-15(20)18-16-12(2)7-5-8-13(16)3/h5-10H,4,11H2,1-3H3,(H,18,20). The lowest BCUT2D eigenvalue weighted by Gasteiger charge is -2.12. The van der Waals surface area contributed by atoms with Crippen molar-refractivity contribution in [3.8, 4) is 5.75 Å². The minimum Gasteiger partial charge on any atom is -0.488 e. The van der Waals surface area contributed by atoms with Crippen LogP contribution in [0, 0.1) is 13.8 Å². The van der Waals surface area contributed by atoms with Crippen LogP contribution in [0.25, 0.3) is 0 Å². The van der Waals surface area contributed by atoms with Gasteiger partial charge in [-0.25, -0.2) is 0 Å². The minimum absolute atomic E-state index is 0.0481. The molecule has 1 aromatic heterocycles. The van der Waals surface area contributed by atoms with Crippen molar-refractivity contribution in [3.63, 3.8) is 0 Å². The van der Waals surface area contributed by atoms with Gasteiger partial charge in [-0.05, 0) is 44.0 Å². The predicted octanol–water partition coefficient (Wildman–Crippen LogP) is 2.50. The number of carbonyl (C=O) groups excluding carboxylic acids is 1. The molecule has 2 rings (SSSR count). The quantitative estimate of drug-likeness (QED) is 0.923. The number of nitrogens with zero attached hydrogens (tertiary/aromatic N) is 1. The van der Waals surface area contributed by atoms with E-state index in [9.17, 15) is 9.59 Å². The predicted molar refractivity (Wildman–Crippen MR) is 86.4 cm³/mol. The third kappa shape index (κ3) is 3.55. The Morgan fingerprint density at radius 2 is 1.86 bits per heavy atom. The lowest BCUT2D eigenvalue weighted by Crippen LogP contribution is -2.28. The maximum Gasteiger partial charge on any atom is 0.293 e. The monoisotopic (exact) mass is 300 g/mol. The van der Waals surface area contributed by atoms with Gasteiger partial charge in [0.05, 0.1) is 6.61 Å². The second kappa shape index (κ2) is 6.93. The second-order valence-electron chi connectivity index (χ2n) is 5.05. The molecule has 1 heterocycles. The van der Waals surface area contributed by atoms with Gasteiger partial charge in [-0.15, -0.1) is 0 Å². The van der Waals surface area contributed by atoms with E-state index in [1.165, 1.54) is 4.57 Å². The van der Waals surface area contributed by atoms with Crippen LogP contribution in [0.5, 0.6) is 5.75 Å². The first-order valence-corrected chi connectivity index (χ1v) is 7.21. The maximum atomic E-state index is 12.2. The number of ether oxygens (including phenoxy) is 1. The zero-order valence-electron chi connectivity index (χ0n) is 13.1. The summed E-state index contributed by atoms with van der Waals surface area (Å²) >= 11 is 0. The summed E-state index contributed by atoms with van der Waals surface area (Å²) in [5, 5.41) is 2.87. The second-order valence-corrected chi connectivity index (χ2v) is 5.05.